The third-order valence-electron chi connectivity index (χ3n) is 2.52. The SMILES string of the molecule is CCN(C)S(=O)(=O)c1cc(CNC(C)C)sc1Br. The van der Waals surface area contributed by atoms with E-state index in [1.54, 1.807) is 13.1 Å². The van der Waals surface area contributed by atoms with Crippen LogP contribution < -0.4 is 5.32 Å². The van der Waals surface area contributed by atoms with Gasteiger partial charge in [-0.05, 0) is 22.0 Å². The Balaban J connectivity index is 2.98. The summed E-state index contributed by atoms with van der Waals surface area (Å²) < 4.78 is 26.5. The van der Waals surface area contributed by atoms with Crippen molar-refractivity contribution in [3.8, 4) is 0 Å². The lowest BCUT2D eigenvalue weighted by atomic mass is 10.4. The fraction of sp³-hybridized carbons (Fsp3) is 0.636. The molecule has 0 aliphatic heterocycles. The minimum absolute atomic E-state index is 0.359. The van der Waals surface area contributed by atoms with Crippen molar-refractivity contribution in [1.82, 2.24) is 9.62 Å². The predicted octanol–water partition coefficient (Wildman–Crippen LogP) is 2.65. The number of halogens is 1. The largest absolute Gasteiger partial charge is 0.310 e. The molecule has 0 radical (unpaired) electrons. The van der Waals surface area contributed by atoms with Crippen molar-refractivity contribution in [3.05, 3.63) is 14.7 Å². The lowest BCUT2D eigenvalue weighted by Crippen LogP contribution is -2.26. The highest BCUT2D eigenvalue weighted by atomic mass is 79.9. The molecular formula is C11H19BrN2O2S2. The Kier molecular flexibility index (Phi) is 5.79. The molecule has 0 unspecified atom stereocenters. The highest BCUT2D eigenvalue weighted by Gasteiger charge is 2.24. The van der Waals surface area contributed by atoms with Crippen LogP contribution in [-0.2, 0) is 16.6 Å². The van der Waals surface area contributed by atoms with Crippen LogP contribution in [0.15, 0.2) is 14.7 Å². The van der Waals surface area contributed by atoms with Gasteiger partial charge in [0, 0.05) is 31.1 Å². The van der Waals surface area contributed by atoms with Crippen LogP contribution in [0.1, 0.15) is 25.6 Å². The lowest BCUT2D eigenvalue weighted by Gasteiger charge is -2.13. The fourth-order valence-corrected chi connectivity index (χ4v) is 5.06. The molecule has 0 saturated heterocycles. The summed E-state index contributed by atoms with van der Waals surface area (Å²) in [6, 6.07) is 2.12. The standard InChI is InChI=1S/C11H19BrN2O2S2/c1-5-14(4)18(15,16)10-6-9(17-11(10)12)7-13-8(2)3/h6,8,13H,5,7H2,1-4H3. The van der Waals surface area contributed by atoms with E-state index < -0.39 is 10.0 Å². The second kappa shape index (κ2) is 6.47. The van der Waals surface area contributed by atoms with Crippen LogP contribution in [0.25, 0.3) is 0 Å². The summed E-state index contributed by atoms with van der Waals surface area (Å²) in [4.78, 5) is 1.37. The fourth-order valence-electron chi connectivity index (χ4n) is 1.30. The molecule has 1 aromatic heterocycles. The average Bonchev–Trinajstić information content (AvgIpc) is 2.67. The van der Waals surface area contributed by atoms with Crippen molar-refractivity contribution in [3.63, 3.8) is 0 Å². The van der Waals surface area contributed by atoms with Gasteiger partial charge in [0.1, 0.15) is 4.90 Å². The third-order valence-corrected chi connectivity index (χ3v) is 6.71. The predicted molar refractivity (Wildman–Crippen MR) is 79.5 cm³/mol. The van der Waals surface area contributed by atoms with Crippen molar-refractivity contribution in [2.24, 2.45) is 0 Å². The van der Waals surface area contributed by atoms with E-state index in [1.165, 1.54) is 15.6 Å². The topological polar surface area (TPSA) is 49.4 Å². The van der Waals surface area contributed by atoms with Gasteiger partial charge in [-0.15, -0.1) is 11.3 Å². The van der Waals surface area contributed by atoms with Gasteiger partial charge in [-0.2, -0.15) is 0 Å². The van der Waals surface area contributed by atoms with Gasteiger partial charge in [-0.3, -0.25) is 0 Å². The van der Waals surface area contributed by atoms with E-state index in [9.17, 15) is 8.42 Å². The summed E-state index contributed by atoms with van der Waals surface area (Å²) in [5.41, 5.74) is 0. The van der Waals surface area contributed by atoms with Crippen LogP contribution in [0.5, 0.6) is 0 Å². The van der Waals surface area contributed by atoms with Crippen molar-refractivity contribution in [1.29, 1.82) is 0 Å². The molecule has 0 saturated carbocycles. The minimum Gasteiger partial charge on any atom is -0.310 e. The second-order valence-electron chi connectivity index (χ2n) is 4.31. The van der Waals surface area contributed by atoms with Crippen molar-refractivity contribution >= 4 is 37.3 Å². The summed E-state index contributed by atoms with van der Waals surface area (Å²) >= 11 is 4.80. The van der Waals surface area contributed by atoms with E-state index in [0.29, 0.717) is 27.8 Å². The quantitative estimate of drug-likeness (QED) is 0.854. The zero-order valence-corrected chi connectivity index (χ0v) is 14.2. The molecular weight excluding hydrogens is 336 g/mol. The molecule has 1 heterocycles. The number of thiophene rings is 1. The number of nitrogens with zero attached hydrogens (tertiary/aromatic N) is 1. The maximum atomic E-state index is 12.2. The summed E-state index contributed by atoms with van der Waals surface area (Å²) in [7, 11) is -1.78. The van der Waals surface area contributed by atoms with Crippen LogP contribution in [0.2, 0.25) is 0 Å². The second-order valence-corrected chi connectivity index (χ2v) is 8.77. The summed E-state index contributed by atoms with van der Waals surface area (Å²) in [6.07, 6.45) is 0. The lowest BCUT2D eigenvalue weighted by molar-refractivity contribution is 0.486. The molecule has 7 heteroatoms. The molecule has 1 rings (SSSR count). The number of hydrogen-bond donors (Lipinski definition) is 1. The van der Waals surface area contributed by atoms with Crippen molar-refractivity contribution in [2.75, 3.05) is 13.6 Å². The first-order valence-corrected chi connectivity index (χ1v) is 8.82. The molecule has 0 aliphatic carbocycles. The molecule has 104 valence electrons. The van der Waals surface area contributed by atoms with Crippen LogP contribution >= 0.6 is 27.3 Å². The van der Waals surface area contributed by atoms with E-state index in [-0.39, 0.29) is 0 Å². The number of nitrogens with one attached hydrogen (secondary N) is 1. The molecule has 1 aromatic rings. The zero-order chi connectivity index (χ0) is 13.9. The first kappa shape index (κ1) is 16.1. The van der Waals surface area contributed by atoms with Gasteiger partial charge in [-0.25, -0.2) is 12.7 Å². The Morgan fingerprint density at radius 1 is 1.50 bits per heavy atom. The molecule has 0 aliphatic rings. The first-order chi connectivity index (χ1) is 8.28. The van der Waals surface area contributed by atoms with Crippen molar-refractivity contribution in [2.45, 2.75) is 38.3 Å². The molecule has 0 aromatic carbocycles. The van der Waals surface area contributed by atoms with Gasteiger partial charge in [0.05, 0.1) is 3.79 Å². The monoisotopic (exact) mass is 354 g/mol. The molecule has 0 atom stereocenters. The highest BCUT2D eigenvalue weighted by molar-refractivity contribution is 9.11. The maximum Gasteiger partial charge on any atom is 0.244 e. The minimum atomic E-state index is -3.37. The normalized spacial score (nSPS) is 12.6. The van der Waals surface area contributed by atoms with Crippen LogP contribution in [0.3, 0.4) is 0 Å². The zero-order valence-electron chi connectivity index (χ0n) is 11.0. The van der Waals surface area contributed by atoms with Gasteiger partial charge in [0.15, 0.2) is 0 Å². The Bertz CT molecular complexity index is 497. The van der Waals surface area contributed by atoms with E-state index >= 15 is 0 Å². The van der Waals surface area contributed by atoms with Gasteiger partial charge in [0.25, 0.3) is 0 Å². The van der Waals surface area contributed by atoms with E-state index in [4.69, 9.17) is 0 Å². The van der Waals surface area contributed by atoms with Crippen LogP contribution in [-0.4, -0.2) is 32.4 Å². The van der Waals surface area contributed by atoms with Crippen LogP contribution in [0, 0.1) is 0 Å². The van der Waals surface area contributed by atoms with E-state index in [0.717, 1.165) is 4.88 Å². The summed E-state index contributed by atoms with van der Waals surface area (Å²) in [6.45, 7) is 7.09. The molecule has 1 N–H and O–H groups in total. The smallest absolute Gasteiger partial charge is 0.244 e. The van der Waals surface area contributed by atoms with E-state index in [1.807, 2.05) is 6.92 Å². The van der Waals surface area contributed by atoms with Crippen LogP contribution in [0.4, 0.5) is 0 Å². The molecule has 0 bridgehead atoms. The highest BCUT2D eigenvalue weighted by Crippen LogP contribution is 2.33. The molecule has 18 heavy (non-hydrogen) atoms. The molecule has 4 nitrogen and oxygen atoms in total. The summed E-state index contributed by atoms with van der Waals surface area (Å²) in [5.74, 6) is 0. The maximum absolute atomic E-state index is 12.2. The average molecular weight is 355 g/mol. The molecule has 0 spiro atoms. The summed E-state index contributed by atoms with van der Waals surface area (Å²) in [5, 5.41) is 3.28. The Labute approximate surface area is 122 Å². The van der Waals surface area contributed by atoms with E-state index in [2.05, 4.69) is 35.1 Å². The van der Waals surface area contributed by atoms with Crippen molar-refractivity contribution < 1.29 is 8.42 Å². The van der Waals surface area contributed by atoms with Gasteiger partial charge >= 0.3 is 0 Å². The first-order valence-electron chi connectivity index (χ1n) is 5.77. The Morgan fingerprint density at radius 2 is 2.11 bits per heavy atom. The number of rotatable bonds is 6. The van der Waals surface area contributed by atoms with Gasteiger partial charge in [0.2, 0.25) is 10.0 Å². The Hall–Kier alpha value is 0.0500. The molecule has 0 fully saturated rings. The number of hydrogen-bond acceptors (Lipinski definition) is 4. The van der Waals surface area contributed by atoms with Gasteiger partial charge < -0.3 is 5.32 Å². The Morgan fingerprint density at radius 3 is 2.61 bits per heavy atom. The van der Waals surface area contributed by atoms with Gasteiger partial charge in [-0.1, -0.05) is 20.8 Å². The number of sulfonamides is 1. The molecule has 0 amide bonds. The third kappa shape index (κ3) is 3.77.